The number of methoxy groups -OCH3 is 1. The first kappa shape index (κ1) is 20.1. The molecule has 2 amide bonds. The molecular formula is C21H28N4O3. The van der Waals surface area contributed by atoms with Gasteiger partial charge in [0.2, 0.25) is 5.91 Å². The number of aromatic nitrogens is 2. The summed E-state index contributed by atoms with van der Waals surface area (Å²) in [6.45, 7) is 6.30. The average molecular weight is 384 g/mol. The minimum Gasteiger partial charge on any atom is -0.383 e. The Kier molecular flexibility index (Phi) is 6.46. The van der Waals surface area contributed by atoms with E-state index in [0.29, 0.717) is 37.5 Å². The van der Waals surface area contributed by atoms with Gasteiger partial charge in [-0.05, 0) is 38.8 Å². The van der Waals surface area contributed by atoms with Gasteiger partial charge in [0.05, 0.1) is 31.0 Å². The first-order valence-electron chi connectivity index (χ1n) is 9.66. The van der Waals surface area contributed by atoms with Crippen LogP contribution in [0.15, 0.2) is 30.6 Å². The second-order valence-electron chi connectivity index (χ2n) is 7.44. The molecule has 3 rings (SSSR count). The number of hydrogen-bond acceptors (Lipinski definition) is 4. The number of carbonyl (C=O) groups is 2. The van der Waals surface area contributed by atoms with Crippen molar-refractivity contribution in [2.45, 2.75) is 33.2 Å². The van der Waals surface area contributed by atoms with Crippen LogP contribution in [0.1, 0.15) is 34.3 Å². The molecule has 1 aromatic carbocycles. The van der Waals surface area contributed by atoms with E-state index in [2.05, 4.69) is 16.5 Å². The fourth-order valence-electron chi connectivity index (χ4n) is 3.64. The second kappa shape index (κ2) is 9.01. The predicted molar refractivity (Wildman–Crippen MR) is 107 cm³/mol. The highest BCUT2D eigenvalue weighted by molar-refractivity contribution is 5.96. The van der Waals surface area contributed by atoms with Crippen LogP contribution in [0.2, 0.25) is 0 Å². The Morgan fingerprint density at radius 2 is 2.00 bits per heavy atom. The molecule has 0 saturated carbocycles. The van der Waals surface area contributed by atoms with Crippen LogP contribution >= 0.6 is 0 Å². The first-order valence-corrected chi connectivity index (χ1v) is 9.66. The number of nitrogens with one attached hydrogen (secondary N) is 1. The Morgan fingerprint density at radius 1 is 1.25 bits per heavy atom. The molecule has 1 aromatic heterocycles. The quantitative estimate of drug-likeness (QED) is 0.831. The molecule has 150 valence electrons. The zero-order valence-corrected chi connectivity index (χ0v) is 16.8. The summed E-state index contributed by atoms with van der Waals surface area (Å²) < 4.78 is 6.76. The summed E-state index contributed by atoms with van der Waals surface area (Å²) in [5, 5.41) is 7.13. The fraction of sp³-hybridized carbons (Fsp3) is 0.476. The van der Waals surface area contributed by atoms with Gasteiger partial charge in [0.25, 0.3) is 5.91 Å². The van der Waals surface area contributed by atoms with E-state index in [1.54, 1.807) is 29.1 Å². The number of rotatable bonds is 6. The van der Waals surface area contributed by atoms with Gasteiger partial charge >= 0.3 is 0 Å². The number of aryl methyl sites for hydroxylation is 2. The highest BCUT2D eigenvalue weighted by atomic mass is 16.5. The number of likely N-dealkylation sites (tertiary alicyclic amines) is 1. The van der Waals surface area contributed by atoms with Gasteiger partial charge < -0.3 is 15.0 Å². The van der Waals surface area contributed by atoms with E-state index >= 15 is 0 Å². The standard InChI is InChI=1S/C21H28N4O3/c1-15-9-16(2)11-18(10-15)21(27)24-6-4-5-17(13-24)20(26)23-19-12-22-25(14-19)7-8-28-3/h9-12,14,17H,4-8,13H2,1-3H3,(H,23,26). The Balaban J connectivity index is 1.61. The van der Waals surface area contributed by atoms with Crippen molar-refractivity contribution in [2.75, 3.05) is 32.1 Å². The third kappa shape index (κ3) is 4.98. The molecule has 0 bridgehead atoms. The first-order chi connectivity index (χ1) is 13.5. The number of carbonyl (C=O) groups excluding carboxylic acids is 2. The lowest BCUT2D eigenvalue weighted by atomic mass is 9.96. The molecule has 2 aromatic rings. The van der Waals surface area contributed by atoms with Crippen LogP contribution in [0.5, 0.6) is 0 Å². The van der Waals surface area contributed by atoms with E-state index in [4.69, 9.17) is 4.74 Å². The largest absolute Gasteiger partial charge is 0.383 e. The van der Waals surface area contributed by atoms with E-state index in [1.807, 2.05) is 26.0 Å². The molecule has 0 aliphatic carbocycles. The SMILES string of the molecule is COCCn1cc(NC(=O)C2CCCN(C(=O)c3cc(C)cc(C)c3)C2)cn1. The number of amides is 2. The highest BCUT2D eigenvalue weighted by Crippen LogP contribution is 2.21. The number of ether oxygens (including phenoxy) is 1. The van der Waals surface area contributed by atoms with Crippen molar-refractivity contribution in [2.24, 2.45) is 5.92 Å². The van der Waals surface area contributed by atoms with E-state index in [0.717, 1.165) is 24.0 Å². The molecule has 7 nitrogen and oxygen atoms in total. The van der Waals surface area contributed by atoms with Gasteiger partial charge in [-0.1, -0.05) is 17.2 Å². The van der Waals surface area contributed by atoms with E-state index in [9.17, 15) is 9.59 Å². The predicted octanol–water partition coefficient (Wildman–Crippen LogP) is 2.64. The van der Waals surface area contributed by atoms with Crippen molar-refractivity contribution in [3.05, 3.63) is 47.3 Å². The minimum atomic E-state index is -0.217. The van der Waals surface area contributed by atoms with Gasteiger partial charge in [-0.2, -0.15) is 5.10 Å². The Bertz CT molecular complexity index is 826. The molecule has 7 heteroatoms. The maximum Gasteiger partial charge on any atom is 0.253 e. The lowest BCUT2D eigenvalue weighted by Gasteiger charge is -2.32. The molecule has 1 unspecified atom stereocenters. The summed E-state index contributed by atoms with van der Waals surface area (Å²) in [6, 6.07) is 5.87. The van der Waals surface area contributed by atoms with Gasteiger partial charge in [0, 0.05) is 32.0 Å². The molecule has 2 heterocycles. The van der Waals surface area contributed by atoms with Crippen molar-refractivity contribution in [3.63, 3.8) is 0 Å². The Morgan fingerprint density at radius 3 is 2.71 bits per heavy atom. The molecular weight excluding hydrogens is 356 g/mol. The number of hydrogen-bond donors (Lipinski definition) is 1. The summed E-state index contributed by atoms with van der Waals surface area (Å²) in [5.41, 5.74) is 3.50. The molecule has 0 radical (unpaired) electrons. The summed E-state index contributed by atoms with van der Waals surface area (Å²) in [6.07, 6.45) is 5.02. The lowest BCUT2D eigenvalue weighted by Crippen LogP contribution is -2.43. The lowest BCUT2D eigenvalue weighted by molar-refractivity contribution is -0.121. The highest BCUT2D eigenvalue weighted by Gasteiger charge is 2.29. The normalized spacial score (nSPS) is 16.8. The van der Waals surface area contributed by atoms with E-state index in [-0.39, 0.29) is 17.7 Å². The van der Waals surface area contributed by atoms with Gasteiger partial charge in [-0.15, -0.1) is 0 Å². The zero-order chi connectivity index (χ0) is 20.1. The molecule has 1 saturated heterocycles. The maximum atomic E-state index is 12.9. The number of benzene rings is 1. The van der Waals surface area contributed by atoms with Crippen LogP contribution in [0.25, 0.3) is 0 Å². The van der Waals surface area contributed by atoms with Crippen LogP contribution in [0, 0.1) is 19.8 Å². The van der Waals surface area contributed by atoms with E-state index in [1.165, 1.54) is 0 Å². The third-order valence-corrected chi connectivity index (χ3v) is 4.97. The molecule has 1 N–H and O–H groups in total. The van der Waals surface area contributed by atoms with E-state index < -0.39 is 0 Å². The molecule has 1 aliphatic rings. The number of nitrogens with zero attached hydrogens (tertiary/aromatic N) is 3. The Labute approximate surface area is 165 Å². The summed E-state index contributed by atoms with van der Waals surface area (Å²) in [4.78, 5) is 27.4. The van der Waals surface area contributed by atoms with Crippen LogP contribution < -0.4 is 5.32 Å². The zero-order valence-electron chi connectivity index (χ0n) is 16.8. The topological polar surface area (TPSA) is 76.5 Å². The summed E-state index contributed by atoms with van der Waals surface area (Å²) >= 11 is 0. The molecule has 1 fully saturated rings. The smallest absolute Gasteiger partial charge is 0.253 e. The van der Waals surface area contributed by atoms with Crippen molar-refractivity contribution < 1.29 is 14.3 Å². The van der Waals surface area contributed by atoms with Crippen molar-refractivity contribution in [1.29, 1.82) is 0 Å². The minimum absolute atomic E-state index is 0.00307. The van der Waals surface area contributed by atoms with Crippen molar-refractivity contribution >= 4 is 17.5 Å². The third-order valence-electron chi connectivity index (χ3n) is 4.97. The van der Waals surface area contributed by atoms with Crippen molar-refractivity contribution in [1.82, 2.24) is 14.7 Å². The maximum absolute atomic E-state index is 12.9. The number of piperidine rings is 1. The average Bonchev–Trinajstić information content (AvgIpc) is 3.12. The molecule has 1 aliphatic heterocycles. The van der Waals surface area contributed by atoms with Crippen LogP contribution in [-0.4, -0.2) is 53.3 Å². The number of anilines is 1. The van der Waals surface area contributed by atoms with Crippen LogP contribution in [-0.2, 0) is 16.1 Å². The molecule has 28 heavy (non-hydrogen) atoms. The monoisotopic (exact) mass is 384 g/mol. The van der Waals surface area contributed by atoms with Crippen LogP contribution in [0.4, 0.5) is 5.69 Å². The van der Waals surface area contributed by atoms with Gasteiger partial charge in [0.1, 0.15) is 0 Å². The van der Waals surface area contributed by atoms with Crippen molar-refractivity contribution in [3.8, 4) is 0 Å². The molecule has 1 atom stereocenters. The fourth-order valence-corrected chi connectivity index (χ4v) is 3.64. The van der Waals surface area contributed by atoms with Gasteiger partial charge in [-0.3, -0.25) is 14.3 Å². The van der Waals surface area contributed by atoms with Gasteiger partial charge in [-0.25, -0.2) is 0 Å². The van der Waals surface area contributed by atoms with Crippen LogP contribution in [0.3, 0.4) is 0 Å². The Hall–Kier alpha value is -2.67. The molecule has 0 spiro atoms. The summed E-state index contributed by atoms with van der Waals surface area (Å²) in [7, 11) is 1.64. The summed E-state index contributed by atoms with van der Waals surface area (Å²) in [5.74, 6) is -0.285. The van der Waals surface area contributed by atoms with Gasteiger partial charge in [0.15, 0.2) is 0 Å². The second-order valence-corrected chi connectivity index (χ2v) is 7.44.